The van der Waals surface area contributed by atoms with E-state index in [2.05, 4.69) is 11.9 Å². The monoisotopic (exact) mass is 153 g/mol. The van der Waals surface area contributed by atoms with Gasteiger partial charge in [-0.3, -0.25) is 0 Å². The molecular weight excluding hydrogens is 134 g/mol. The first-order chi connectivity index (χ1) is 5.38. The molecule has 0 bridgehead atoms. The first-order valence-corrected chi connectivity index (χ1v) is 5.08. The number of nitrogens with zero attached hydrogens (tertiary/aromatic N) is 1. The third-order valence-corrected chi connectivity index (χ3v) is 3.52. The van der Waals surface area contributed by atoms with Crippen LogP contribution in [0.15, 0.2) is 0 Å². The number of rotatable bonds is 1. The second kappa shape index (κ2) is 3.14. The lowest BCUT2D eigenvalue weighted by molar-refractivity contribution is 0.0855. The van der Waals surface area contributed by atoms with E-state index >= 15 is 0 Å². The van der Waals surface area contributed by atoms with Crippen LogP contribution in [0.2, 0.25) is 0 Å². The minimum absolute atomic E-state index is 0.956. The fraction of sp³-hybridized carbons (Fsp3) is 1.00. The van der Waals surface area contributed by atoms with E-state index in [1.165, 1.54) is 45.1 Å². The Morgan fingerprint density at radius 3 is 2.36 bits per heavy atom. The van der Waals surface area contributed by atoms with Crippen LogP contribution in [0.3, 0.4) is 0 Å². The molecule has 0 amide bonds. The maximum Gasteiger partial charge on any atom is 0.0120 e. The summed E-state index contributed by atoms with van der Waals surface area (Å²) < 4.78 is 0. The number of piperidine rings is 1. The average Bonchev–Trinajstić information content (AvgIpc) is 1.90. The van der Waals surface area contributed by atoms with E-state index in [4.69, 9.17) is 0 Å². The van der Waals surface area contributed by atoms with E-state index < -0.39 is 0 Å². The van der Waals surface area contributed by atoms with Crippen LogP contribution in [0.5, 0.6) is 0 Å². The molecule has 0 radical (unpaired) electrons. The summed E-state index contributed by atoms with van der Waals surface area (Å²) in [6.07, 6.45) is 8.89. The lowest BCUT2D eigenvalue weighted by Crippen LogP contribution is -2.43. The quantitative estimate of drug-likeness (QED) is 0.558. The highest BCUT2D eigenvalue weighted by Gasteiger charge is 2.31. The molecule has 1 heteroatoms. The molecule has 1 saturated heterocycles. The van der Waals surface area contributed by atoms with E-state index in [-0.39, 0.29) is 0 Å². The van der Waals surface area contributed by atoms with Gasteiger partial charge in [0.25, 0.3) is 0 Å². The summed E-state index contributed by atoms with van der Waals surface area (Å²) in [7, 11) is 2.31. The minimum atomic E-state index is 0.956. The maximum atomic E-state index is 2.59. The number of likely N-dealkylation sites (tertiary alicyclic amines) is 1. The van der Waals surface area contributed by atoms with Gasteiger partial charge in [0, 0.05) is 6.04 Å². The zero-order chi connectivity index (χ0) is 7.68. The number of hydrogen-bond donors (Lipinski definition) is 0. The molecule has 2 fully saturated rings. The highest BCUT2D eigenvalue weighted by atomic mass is 15.1. The Hall–Kier alpha value is -0.0400. The van der Waals surface area contributed by atoms with Gasteiger partial charge in [-0.2, -0.15) is 0 Å². The van der Waals surface area contributed by atoms with Crippen molar-refractivity contribution in [2.24, 2.45) is 5.92 Å². The second-order valence-corrected chi connectivity index (χ2v) is 4.23. The predicted molar refractivity (Wildman–Crippen MR) is 47.6 cm³/mol. The second-order valence-electron chi connectivity index (χ2n) is 4.23. The van der Waals surface area contributed by atoms with Crippen molar-refractivity contribution >= 4 is 0 Å². The Bertz CT molecular complexity index is 127. The summed E-state index contributed by atoms with van der Waals surface area (Å²) in [6.45, 7) is 1.35. The summed E-state index contributed by atoms with van der Waals surface area (Å²) in [5.41, 5.74) is 0. The van der Waals surface area contributed by atoms with Crippen LogP contribution < -0.4 is 0 Å². The van der Waals surface area contributed by atoms with E-state index in [9.17, 15) is 0 Å². The molecule has 11 heavy (non-hydrogen) atoms. The van der Waals surface area contributed by atoms with Gasteiger partial charge in [0.1, 0.15) is 0 Å². The summed E-state index contributed by atoms with van der Waals surface area (Å²) in [5, 5.41) is 0. The fourth-order valence-electron chi connectivity index (χ4n) is 2.52. The topological polar surface area (TPSA) is 3.24 Å². The Morgan fingerprint density at radius 1 is 1.00 bits per heavy atom. The minimum Gasteiger partial charge on any atom is -0.303 e. The Morgan fingerprint density at radius 2 is 1.82 bits per heavy atom. The van der Waals surface area contributed by atoms with Crippen LogP contribution >= 0.6 is 0 Å². The van der Waals surface area contributed by atoms with Gasteiger partial charge in [-0.15, -0.1) is 0 Å². The van der Waals surface area contributed by atoms with E-state index in [0.29, 0.717) is 0 Å². The first-order valence-electron chi connectivity index (χ1n) is 5.08. The lowest BCUT2D eigenvalue weighted by Gasteiger charge is -2.42. The van der Waals surface area contributed by atoms with Gasteiger partial charge in [0.2, 0.25) is 0 Å². The molecule has 2 rings (SSSR count). The number of hydrogen-bond acceptors (Lipinski definition) is 1. The van der Waals surface area contributed by atoms with Gasteiger partial charge in [-0.05, 0) is 45.2 Å². The van der Waals surface area contributed by atoms with E-state index in [1.807, 2.05) is 0 Å². The van der Waals surface area contributed by atoms with E-state index in [1.54, 1.807) is 0 Å². The fourth-order valence-corrected chi connectivity index (χ4v) is 2.52. The van der Waals surface area contributed by atoms with E-state index in [0.717, 1.165) is 12.0 Å². The molecule has 1 unspecified atom stereocenters. The average molecular weight is 153 g/mol. The molecule has 1 heterocycles. The van der Waals surface area contributed by atoms with Crippen LogP contribution in [0, 0.1) is 5.92 Å². The summed E-state index contributed by atoms with van der Waals surface area (Å²) in [5.74, 6) is 1.07. The third kappa shape index (κ3) is 1.44. The summed E-state index contributed by atoms with van der Waals surface area (Å²) in [6, 6.07) is 0.956. The highest BCUT2D eigenvalue weighted by Crippen LogP contribution is 2.35. The molecule has 0 N–H and O–H groups in total. The zero-order valence-corrected chi connectivity index (χ0v) is 7.55. The molecule has 1 saturated carbocycles. The summed E-state index contributed by atoms with van der Waals surface area (Å²) in [4.78, 5) is 2.59. The van der Waals surface area contributed by atoms with Crippen LogP contribution in [0.4, 0.5) is 0 Å². The Kier molecular flexibility index (Phi) is 2.17. The van der Waals surface area contributed by atoms with Crippen molar-refractivity contribution in [3.8, 4) is 0 Å². The molecule has 1 nitrogen and oxygen atoms in total. The van der Waals surface area contributed by atoms with Crippen LogP contribution in [0.1, 0.15) is 38.5 Å². The van der Waals surface area contributed by atoms with Crippen molar-refractivity contribution in [1.82, 2.24) is 4.90 Å². The molecule has 0 aromatic carbocycles. The normalized spacial score (nSPS) is 35.2. The Labute approximate surface area is 69.8 Å². The van der Waals surface area contributed by atoms with Crippen LogP contribution in [-0.2, 0) is 0 Å². The first kappa shape index (κ1) is 7.60. The molecular formula is C10H19N. The molecule has 0 spiro atoms. The predicted octanol–water partition coefficient (Wildman–Crippen LogP) is 2.27. The SMILES string of the molecule is CN1CCCCC1C1CCC1. The van der Waals surface area contributed by atoms with Gasteiger partial charge >= 0.3 is 0 Å². The van der Waals surface area contributed by atoms with Gasteiger partial charge in [0.05, 0.1) is 0 Å². The standard InChI is InChI=1S/C10H19N/c1-11-8-3-2-7-10(11)9-5-4-6-9/h9-10H,2-8H2,1H3. The van der Waals surface area contributed by atoms with Crippen LogP contribution in [0.25, 0.3) is 0 Å². The van der Waals surface area contributed by atoms with Crippen molar-refractivity contribution in [2.45, 2.75) is 44.6 Å². The van der Waals surface area contributed by atoms with Crippen molar-refractivity contribution < 1.29 is 0 Å². The molecule has 1 atom stereocenters. The third-order valence-electron chi connectivity index (χ3n) is 3.52. The van der Waals surface area contributed by atoms with Gasteiger partial charge in [-0.1, -0.05) is 12.8 Å². The molecule has 64 valence electrons. The van der Waals surface area contributed by atoms with Gasteiger partial charge in [-0.25, -0.2) is 0 Å². The smallest absolute Gasteiger partial charge is 0.0120 e. The lowest BCUT2D eigenvalue weighted by atomic mass is 9.76. The Balaban J connectivity index is 1.88. The summed E-state index contributed by atoms with van der Waals surface area (Å²) >= 11 is 0. The van der Waals surface area contributed by atoms with Crippen molar-refractivity contribution in [3.63, 3.8) is 0 Å². The molecule has 1 aliphatic carbocycles. The van der Waals surface area contributed by atoms with Gasteiger partial charge in [0.15, 0.2) is 0 Å². The largest absolute Gasteiger partial charge is 0.303 e. The molecule has 2 aliphatic rings. The van der Waals surface area contributed by atoms with Crippen molar-refractivity contribution in [1.29, 1.82) is 0 Å². The van der Waals surface area contributed by atoms with Crippen LogP contribution in [-0.4, -0.2) is 24.5 Å². The zero-order valence-electron chi connectivity index (χ0n) is 7.55. The molecule has 0 aromatic heterocycles. The molecule has 0 aromatic rings. The van der Waals surface area contributed by atoms with Crippen molar-refractivity contribution in [3.05, 3.63) is 0 Å². The highest BCUT2D eigenvalue weighted by molar-refractivity contribution is 4.85. The van der Waals surface area contributed by atoms with Crippen molar-refractivity contribution in [2.75, 3.05) is 13.6 Å². The maximum absolute atomic E-state index is 2.59. The molecule has 1 aliphatic heterocycles. The van der Waals surface area contributed by atoms with Gasteiger partial charge < -0.3 is 4.90 Å².